The van der Waals surface area contributed by atoms with Gasteiger partial charge in [-0.3, -0.25) is 4.40 Å². The van der Waals surface area contributed by atoms with Gasteiger partial charge in [0.1, 0.15) is 11.3 Å². The molecule has 0 aliphatic carbocycles. The zero-order valence-corrected chi connectivity index (χ0v) is 15.2. The molecule has 6 nitrogen and oxygen atoms in total. The number of hydrogen-bond donors (Lipinski definition) is 0. The number of pyridine rings is 1. The van der Waals surface area contributed by atoms with Crippen molar-refractivity contribution in [3.05, 3.63) is 65.5 Å². The van der Waals surface area contributed by atoms with Crippen LogP contribution in [0, 0.1) is 13.8 Å². The van der Waals surface area contributed by atoms with Crippen LogP contribution in [0.4, 0.5) is 0 Å². The van der Waals surface area contributed by atoms with E-state index in [9.17, 15) is 0 Å². The highest BCUT2D eigenvalue weighted by Gasteiger charge is 2.24. The van der Waals surface area contributed by atoms with Gasteiger partial charge >= 0.3 is 0 Å². The van der Waals surface area contributed by atoms with E-state index in [0.717, 1.165) is 39.2 Å². The molecular weight excluding hydrogens is 344 g/mol. The van der Waals surface area contributed by atoms with Crippen LogP contribution in [-0.4, -0.2) is 35.7 Å². The maximum atomic E-state index is 4.86. The van der Waals surface area contributed by atoms with Crippen molar-refractivity contribution < 1.29 is 0 Å². The topological polar surface area (TPSA) is 60.4 Å². The summed E-state index contributed by atoms with van der Waals surface area (Å²) in [6, 6.07) is 14.4. The Morgan fingerprint density at radius 1 is 1.00 bits per heavy atom. The summed E-state index contributed by atoms with van der Waals surface area (Å²) in [5, 5.41) is 14.4. The standard InChI is InChI=1S/C19H16N6S/c1-12-6-8-14(9-7-12)15-11-26-19-22-21-18(25(19)23-15)17-13(2)20-16-5-3-4-10-24(16)17/h3-10H,11H2,1-2H3. The predicted octanol–water partition coefficient (Wildman–Crippen LogP) is 3.57. The molecule has 7 heteroatoms. The third kappa shape index (κ3) is 2.35. The molecule has 128 valence electrons. The summed E-state index contributed by atoms with van der Waals surface area (Å²) in [4.78, 5) is 4.63. The molecule has 1 aliphatic heterocycles. The Kier molecular flexibility index (Phi) is 3.43. The minimum atomic E-state index is 0.716. The molecule has 0 unspecified atom stereocenters. The lowest BCUT2D eigenvalue weighted by Crippen LogP contribution is -2.14. The Morgan fingerprint density at radius 2 is 1.85 bits per heavy atom. The Bertz CT molecular complexity index is 1150. The largest absolute Gasteiger partial charge is 0.297 e. The van der Waals surface area contributed by atoms with Crippen molar-refractivity contribution >= 4 is 23.1 Å². The van der Waals surface area contributed by atoms with Gasteiger partial charge in [0.05, 0.1) is 11.4 Å². The normalized spacial score (nSPS) is 13.7. The summed E-state index contributed by atoms with van der Waals surface area (Å²) in [6.07, 6.45) is 1.99. The zero-order valence-electron chi connectivity index (χ0n) is 14.4. The SMILES string of the molecule is Cc1ccc(C2=Nn3c(nnc3-c3c(C)nc4ccccn34)SC2)cc1. The van der Waals surface area contributed by atoms with Gasteiger partial charge < -0.3 is 0 Å². The van der Waals surface area contributed by atoms with Crippen molar-refractivity contribution in [2.45, 2.75) is 19.0 Å². The molecule has 0 bridgehead atoms. The molecule has 0 radical (unpaired) electrons. The molecule has 5 rings (SSSR count). The highest BCUT2D eigenvalue weighted by molar-refractivity contribution is 7.99. The molecule has 0 atom stereocenters. The van der Waals surface area contributed by atoms with Crippen LogP contribution in [0.3, 0.4) is 0 Å². The van der Waals surface area contributed by atoms with Gasteiger partial charge in [-0.1, -0.05) is 47.7 Å². The van der Waals surface area contributed by atoms with Crippen LogP contribution in [-0.2, 0) is 0 Å². The number of thioether (sulfide) groups is 1. The van der Waals surface area contributed by atoms with E-state index in [-0.39, 0.29) is 0 Å². The number of hydrogen-bond acceptors (Lipinski definition) is 5. The molecule has 0 saturated carbocycles. The molecular formula is C19H16N6S. The number of fused-ring (bicyclic) bond motifs is 2. The van der Waals surface area contributed by atoms with Crippen LogP contribution in [0.5, 0.6) is 0 Å². The summed E-state index contributed by atoms with van der Waals surface area (Å²) in [5.41, 5.74) is 6.12. The lowest BCUT2D eigenvalue weighted by atomic mass is 10.1. The molecule has 26 heavy (non-hydrogen) atoms. The van der Waals surface area contributed by atoms with Crippen LogP contribution in [0.1, 0.15) is 16.8 Å². The average Bonchev–Trinajstić information content (AvgIpc) is 3.21. The van der Waals surface area contributed by atoms with Crippen molar-refractivity contribution in [3.8, 4) is 11.5 Å². The van der Waals surface area contributed by atoms with Crippen molar-refractivity contribution in [1.82, 2.24) is 24.3 Å². The first-order valence-corrected chi connectivity index (χ1v) is 9.36. The Morgan fingerprint density at radius 3 is 2.69 bits per heavy atom. The maximum absolute atomic E-state index is 4.86. The quantitative estimate of drug-likeness (QED) is 0.548. The number of aryl methyl sites for hydroxylation is 2. The van der Waals surface area contributed by atoms with E-state index >= 15 is 0 Å². The van der Waals surface area contributed by atoms with Crippen molar-refractivity contribution in [2.75, 3.05) is 5.75 Å². The number of rotatable bonds is 2. The molecule has 0 N–H and O–H groups in total. The van der Waals surface area contributed by atoms with Crippen molar-refractivity contribution in [3.63, 3.8) is 0 Å². The lowest BCUT2D eigenvalue weighted by molar-refractivity contribution is 0.760. The van der Waals surface area contributed by atoms with Gasteiger partial charge in [0.15, 0.2) is 0 Å². The Hall–Kier alpha value is -2.93. The van der Waals surface area contributed by atoms with Crippen LogP contribution in [0.15, 0.2) is 58.9 Å². The predicted molar refractivity (Wildman–Crippen MR) is 103 cm³/mol. The second-order valence-electron chi connectivity index (χ2n) is 6.29. The van der Waals surface area contributed by atoms with Gasteiger partial charge in [0.2, 0.25) is 11.0 Å². The fourth-order valence-electron chi connectivity index (χ4n) is 3.15. The summed E-state index contributed by atoms with van der Waals surface area (Å²) in [5.74, 6) is 1.50. The second-order valence-corrected chi connectivity index (χ2v) is 7.24. The highest BCUT2D eigenvalue weighted by Crippen LogP contribution is 2.30. The smallest absolute Gasteiger partial charge is 0.212 e. The molecule has 4 heterocycles. The van der Waals surface area contributed by atoms with Gasteiger partial charge in [-0.2, -0.15) is 9.78 Å². The first-order chi connectivity index (χ1) is 12.7. The fraction of sp³-hybridized carbons (Fsp3) is 0.158. The van der Waals surface area contributed by atoms with Gasteiger partial charge in [-0.25, -0.2) is 4.98 Å². The van der Waals surface area contributed by atoms with Crippen molar-refractivity contribution in [1.29, 1.82) is 0 Å². The molecule has 3 aromatic heterocycles. The summed E-state index contributed by atoms with van der Waals surface area (Å²) in [6.45, 7) is 4.08. The van der Waals surface area contributed by atoms with Crippen LogP contribution < -0.4 is 0 Å². The molecule has 0 fully saturated rings. The maximum Gasteiger partial charge on any atom is 0.212 e. The molecule has 1 aromatic carbocycles. The summed E-state index contributed by atoms with van der Waals surface area (Å²) < 4.78 is 3.87. The van der Waals surface area contributed by atoms with Crippen molar-refractivity contribution in [2.24, 2.45) is 5.10 Å². The van der Waals surface area contributed by atoms with E-state index in [1.54, 1.807) is 11.8 Å². The number of benzene rings is 1. The Labute approximate surface area is 154 Å². The van der Waals surface area contributed by atoms with E-state index in [4.69, 9.17) is 5.10 Å². The monoisotopic (exact) mass is 360 g/mol. The van der Waals surface area contributed by atoms with Gasteiger partial charge in [-0.05, 0) is 31.5 Å². The summed E-state index contributed by atoms with van der Waals surface area (Å²) in [7, 11) is 0. The first-order valence-electron chi connectivity index (χ1n) is 8.38. The lowest BCUT2D eigenvalue weighted by Gasteiger charge is -2.14. The fourth-order valence-corrected chi connectivity index (χ4v) is 3.98. The van der Waals surface area contributed by atoms with E-state index in [2.05, 4.69) is 46.4 Å². The minimum absolute atomic E-state index is 0.716. The zero-order chi connectivity index (χ0) is 17.7. The third-order valence-electron chi connectivity index (χ3n) is 4.47. The number of aromatic nitrogens is 5. The number of imidazole rings is 1. The average molecular weight is 360 g/mol. The van der Waals surface area contributed by atoms with Gasteiger partial charge in [0, 0.05) is 11.9 Å². The molecule has 4 aromatic rings. The molecule has 1 aliphatic rings. The van der Waals surface area contributed by atoms with Gasteiger partial charge in [0.25, 0.3) is 0 Å². The third-order valence-corrected chi connectivity index (χ3v) is 5.40. The van der Waals surface area contributed by atoms with Crippen LogP contribution in [0.25, 0.3) is 17.2 Å². The van der Waals surface area contributed by atoms with E-state index in [1.165, 1.54) is 5.56 Å². The molecule has 0 amide bonds. The minimum Gasteiger partial charge on any atom is -0.297 e. The first kappa shape index (κ1) is 15.3. The summed E-state index contributed by atoms with van der Waals surface area (Å²) >= 11 is 1.65. The van der Waals surface area contributed by atoms with Crippen LogP contribution in [0.2, 0.25) is 0 Å². The second kappa shape index (κ2) is 5.81. The molecule has 0 spiro atoms. The van der Waals surface area contributed by atoms with Gasteiger partial charge in [-0.15, -0.1) is 10.2 Å². The molecule has 0 saturated heterocycles. The Balaban J connectivity index is 1.68. The van der Waals surface area contributed by atoms with Crippen LogP contribution >= 0.6 is 11.8 Å². The van der Waals surface area contributed by atoms with E-state index in [1.807, 2.05) is 40.4 Å². The number of nitrogens with zero attached hydrogens (tertiary/aromatic N) is 6. The van der Waals surface area contributed by atoms with E-state index in [0.29, 0.717) is 5.82 Å². The van der Waals surface area contributed by atoms with E-state index < -0.39 is 0 Å². The highest BCUT2D eigenvalue weighted by atomic mass is 32.2.